The lowest BCUT2D eigenvalue weighted by Crippen LogP contribution is -2.50. The smallest absolute Gasteiger partial charge is 0.00462 e. The van der Waals surface area contributed by atoms with Crippen LogP contribution in [0.4, 0.5) is 0 Å². The standard InChI is InChI=1S/C13H23N/c1-9(8-14)13-5-10-2-11(6-13)4-12(3-10)7-13/h9-12H,2-8,14H2,1H3/t9-,10?,11?,12?,13?/m0/s1. The summed E-state index contributed by atoms with van der Waals surface area (Å²) in [6, 6.07) is 0. The van der Waals surface area contributed by atoms with E-state index in [0.29, 0.717) is 5.41 Å². The summed E-state index contributed by atoms with van der Waals surface area (Å²) in [5.41, 5.74) is 6.58. The van der Waals surface area contributed by atoms with Gasteiger partial charge in [-0.25, -0.2) is 0 Å². The number of hydrogen-bond acceptors (Lipinski definition) is 1. The van der Waals surface area contributed by atoms with Crippen LogP contribution in [0.2, 0.25) is 0 Å². The summed E-state index contributed by atoms with van der Waals surface area (Å²) in [5, 5.41) is 0. The summed E-state index contributed by atoms with van der Waals surface area (Å²) in [6.07, 6.45) is 9.19. The highest BCUT2D eigenvalue weighted by molar-refractivity contribution is 5.03. The Morgan fingerprint density at radius 3 is 1.86 bits per heavy atom. The van der Waals surface area contributed by atoms with Gasteiger partial charge in [0.25, 0.3) is 0 Å². The van der Waals surface area contributed by atoms with Gasteiger partial charge in [-0.05, 0) is 74.2 Å². The lowest BCUT2D eigenvalue weighted by Gasteiger charge is -2.59. The third-order valence-electron chi connectivity index (χ3n) is 5.48. The van der Waals surface area contributed by atoms with Crippen molar-refractivity contribution in [3.8, 4) is 0 Å². The van der Waals surface area contributed by atoms with Crippen LogP contribution in [0.5, 0.6) is 0 Å². The molecule has 4 rings (SSSR count). The van der Waals surface area contributed by atoms with E-state index in [1.165, 1.54) is 19.3 Å². The van der Waals surface area contributed by atoms with Crippen molar-refractivity contribution in [2.45, 2.75) is 45.4 Å². The molecule has 2 N–H and O–H groups in total. The molecule has 4 saturated carbocycles. The van der Waals surface area contributed by atoms with Crippen LogP contribution in [0.3, 0.4) is 0 Å². The van der Waals surface area contributed by atoms with Gasteiger partial charge in [-0.3, -0.25) is 0 Å². The van der Waals surface area contributed by atoms with Crippen molar-refractivity contribution < 1.29 is 0 Å². The third kappa shape index (κ3) is 1.18. The zero-order valence-corrected chi connectivity index (χ0v) is 9.34. The largest absolute Gasteiger partial charge is 0.330 e. The fourth-order valence-electron chi connectivity index (χ4n) is 5.03. The van der Waals surface area contributed by atoms with Crippen LogP contribution in [0.25, 0.3) is 0 Å². The number of hydrogen-bond donors (Lipinski definition) is 1. The number of nitrogens with two attached hydrogens (primary N) is 1. The SMILES string of the molecule is C[C@@H](CN)C12CC3CC(CC(C3)C1)C2. The molecule has 0 heterocycles. The van der Waals surface area contributed by atoms with E-state index in [9.17, 15) is 0 Å². The van der Waals surface area contributed by atoms with Crippen molar-refractivity contribution in [2.75, 3.05) is 6.54 Å². The molecule has 0 spiro atoms. The van der Waals surface area contributed by atoms with Crippen molar-refractivity contribution in [2.24, 2.45) is 34.8 Å². The van der Waals surface area contributed by atoms with Crippen LogP contribution in [0, 0.1) is 29.1 Å². The minimum Gasteiger partial charge on any atom is -0.330 e. The maximum atomic E-state index is 5.89. The maximum absolute atomic E-state index is 5.89. The average Bonchev–Trinajstić information content (AvgIpc) is 2.14. The maximum Gasteiger partial charge on any atom is -0.00462 e. The van der Waals surface area contributed by atoms with Gasteiger partial charge in [0.15, 0.2) is 0 Å². The topological polar surface area (TPSA) is 26.0 Å². The molecule has 0 amide bonds. The highest BCUT2D eigenvalue weighted by Crippen LogP contribution is 2.62. The molecular weight excluding hydrogens is 170 g/mol. The molecule has 0 aliphatic heterocycles. The highest BCUT2D eigenvalue weighted by atomic mass is 14.6. The summed E-state index contributed by atoms with van der Waals surface area (Å²) in [7, 11) is 0. The molecule has 14 heavy (non-hydrogen) atoms. The van der Waals surface area contributed by atoms with Crippen LogP contribution in [-0.2, 0) is 0 Å². The Bertz CT molecular complexity index is 198. The van der Waals surface area contributed by atoms with Gasteiger partial charge < -0.3 is 5.73 Å². The van der Waals surface area contributed by atoms with Crippen LogP contribution in [0.15, 0.2) is 0 Å². The first-order valence-electron chi connectivity index (χ1n) is 6.42. The van der Waals surface area contributed by atoms with Gasteiger partial charge in [-0.1, -0.05) is 6.92 Å². The van der Waals surface area contributed by atoms with Crippen molar-refractivity contribution >= 4 is 0 Å². The van der Waals surface area contributed by atoms with Gasteiger partial charge in [0.2, 0.25) is 0 Å². The molecule has 1 nitrogen and oxygen atoms in total. The fourth-order valence-corrected chi connectivity index (χ4v) is 5.03. The molecule has 4 bridgehead atoms. The van der Waals surface area contributed by atoms with Gasteiger partial charge >= 0.3 is 0 Å². The van der Waals surface area contributed by atoms with Crippen LogP contribution >= 0.6 is 0 Å². The van der Waals surface area contributed by atoms with Crippen molar-refractivity contribution in [1.29, 1.82) is 0 Å². The van der Waals surface area contributed by atoms with Gasteiger partial charge in [0, 0.05) is 0 Å². The summed E-state index contributed by atoms with van der Waals surface area (Å²) in [4.78, 5) is 0. The first-order chi connectivity index (χ1) is 6.72. The zero-order valence-electron chi connectivity index (χ0n) is 9.34. The van der Waals surface area contributed by atoms with Gasteiger partial charge in [0.05, 0.1) is 0 Å². The Kier molecular flexibility index (Phi) is 1.96. The fraction of sp³-hybridized carbons (Fsp3) is 1.00. The molecule has 4 fully saturated rings. The Morgan fingerprint density at radius 1 is 1.07 bits per heavy atom. The predicted octanol–water partition coefficient (Wildman–Crippen LogP) is 2.80. The van der Waals surface area contributed by atoms with Gasteiger partial charge in [-0.2, -0.15) is 0 Å². The Morgan fingerprint density at radius 2 is 1.50 bits per heavy atom. The summed E-state index contributed by atoms with van der Waals surface area (Å²) >= 11 is 0. The van der Waals surface area contributed by atoms with Crippen molar-refractivity contribution in [1.82, 2.24) is 0 Å². The third-order valence-corrected chi connectivity index (χ3v) is 5.48. The van der Waals surface area contributed by atoms with E-state index < -0.39 is 0 Å². The van der Waals surface area contributed by atoms with Crippen molar-refractivity contribution in [3.63, 3.8) is 0 Å². The van der Waals surface area contributed by atoms with E-state index in [2.05, 4.69) is 6.92 Å². The second kappa shape index (κ2) is 2.98. The Labute approximate surface area is 87.4 Å². The monoisotopic (exact) mass is 193 g/mol. The molecule has 0 aromatic rings. The molecule has 0 unspecified atom stereocenters. The normalized spacial score (nSPS) is 52.3. The summed E-state index contributed by atoms with van der Waals surface area (Å²) in [5.74, 6) is 4.01. The second-order valence-electron chi connectivity index (χ2n) is 6.42. The molecule has 0 saturated heterocycles. The van der Waals surface area contributed by atoms with Crippen molar-refractivity contribution in [3.05, 3.63) is 0 Å². The van der Waals surface area contributed by atoms with Crippen LogP contribution in [0.1, 0.15) is 45.4 Å². The molecule has 4 aliphatic rings. The molecule has 80 valence electrons. The average molecular weight is 193 g/mol. The molecule has 0 aromatic carbocycles. The molecule has 0 radical (unpaired) electrons. The quantitative estimate of drug-likeness (QED) is 0.717. The van der Waals surface area contributed by atoms with E-state index in [0.717, 1.165) is 30.2 Å². The van der Waals surface area contributed by atoms with E-state index in [-0.39, 0.29) is 0 Å². The first kappa shape index (κ1) is 9.21. The molecule has 0 aromatic heterocycles. The zero-order chi connectivity index (χ0) is 9.76. The van der Waals surface area contributed by atoms with Crippen LogP contribution in [-0.4, -0.2) is 6.54 Å². The minimum absolute atomic E-state index is 0.684. The van der Waals surface area contributed by atoms with Gasteiger partial charge in [0.1, 0.15) is 0 Å². The Hall–Kier alpha value is -0.0400. The predicted molar refractivity (Wildman–Crippen MR) is 58.8 cm³/mol. The molecule has 4 aliphatic carbocycles. The van der Waals surface area contributed by atoms with E-state index in [1.807, 2.05) is 0 Å². The minimum atomic E-state index is 0.684. The highest BCUT2D eigenvalue weighted by Gasteiger charge is 2.52. The summed E-state index contributed by atoms with van der Waals surface area (Å²) < 4.78 is 0. The summed E-state index contributed by atoms with van der Waals surface area (Å²) in [6.45, 7) is 3.30. The molecule has 1 atom stereocenters. The molecular formula is C13H23N. The van der Waals surface area contributed by atoms with E-state index >= 15 is 0 Å². The Balaban J connectivity index is 1.87. The molecule has 1 heteroatoms. The number of rotatable bonds is 2. The first-order valence-corrected chi connectivity index (χ1v) is 6.42. The second-order valence-corrected chi connectivity index (χ2v) is 6.42. The van der Waals surface area contributed by atoms with E-state index in [1.54, 1.807) is 19.3 Å². The van der Waals surface area contributed by atoms with Gasteiger partial charge in [-0.15, -0.1) is 0 Å². The lowest BCUT2D eigenvalue weighted by molar-refractivity contribution is -0.0808. The van der Waals surface area contributed by atoms with E-state index in [4.69, 9.17) is 5.73 Å². The lowest BCUT2D eigenvalue weighted by atomic mass is 9.47. The van der Waals surface area contributed by atoms with Crippen LogP contribution < -0.4 is 5.73 Å².